The summed E-state index contributed by atoms with van der Waals surface area (Å²) in [5, 5.41) is 0. The molecule has 104 valence electrons. The Labute approximate surface area is 115 Å². The van der Waals surface area contributed by atoms with Gasteiger partial charge in [-0.25, -0.2) is 0 Å². The largest absolute Gasteiger partial charge is 0.334 e. The summed E-state index contributed by atoms with van der Waals surface area (Å²) in [5.41, 5.74) is 6.17. The minimum Gasteiger partial charge on any atom is -0.334 e. The molecule has 1 amide bonds. The average molecular weight is 286 g/mol. The van der Waals surface area contributed by atoms with Gasteiger partial charge in [-0.3, -0.25) is 4.79 Å². The van der Waals surface area contributed by atoms with E-state index in [1.165, 1.54) is 0 Å². The van der Waals surface area contributed by atoms with Crippen LogP contribution in [-0.4, -0.2) is 35.7 Å². The summed E-state index contributed by atoms with van der Waals surface area (Å²) in [6.45, 7) is 1.18. The molecule has 6 heteroatoms. The maximum absolute atomic E-state index is 12.3. The molecule has 0 aromatic heterocycles. The highest BCUT2D eigenvalue weighted by Gasteiger charge is 2.28. The average Bonchev–Trinajstić information content (AvgIpc) is 2.86. The number of likely N-dealkylation sites (tertiary alicyclic amines) is 1. The topological polar surface area (TPSA) is 46.3 Å². The second-order valence-corrected chi connectivity index (χ2v) is 5.50. The number of amides is 1. The van der Waals surface area contributed by atoms with Gasteiger partial charge in [-0.15, -0.1) is 0 Å². The first-order valence-corrected chi connectivity index (χ1v) is 7.05. The number of carbonyl (C=O) groups excluding carboxylic acids is 1. The molecule has 1 heterocycles. The van der Waals surface area contributed by atoms with Gasteiger partial charge in [-0.1, -0.05) is 11.8 Å². The quantitative estimate of drug-likeness (QED) is 0.865. The van der Waals surface area contributed by atoms with Crippen molar-refractivity contribution in [3.63, 3.8) is 0 Å². The first kappa shape index (κ1) is 14.3. The zero-order chi connectivity index (χ0) is 13.8. The highest BCUT2D eigenvalue weighted by atomic mass is 32.2. The molecule has 0 radical (unpaired) electrons. The van der Waals surface area contributed by atoms with E-state index in [1.807, 2.05) is 0 Å². The first-order chi connectivity index (χ1) is 9.11. The Morgan fingerprint density at radius 2 is 2.11 bits per heavy atom. The molecular formula is C13H16F2N2OS. The first-order valence-electron chi connectivity index (χ1n) is 6.17. The summed E-state index contributed by atoms with van der Waals surface area (Å²) in [4.78, 5) is 14.5. The fraction of sp³-hybridized carbons (Fsp3) is 0.462. The number of carbonyl (C=O) groups is 1. The molecule has 2 N–H and O–H groups in total. The lowest BCUT2D eigenvalue weighted by atomic mass is 10.1. The lowest BCUT2D eigenvalue weighted by molar-refractivity contribution is 0.0741. The smallest absolute Gasteiger partial charge is 0.288 e. The Morgan fingerprint density at radius 1 is 1.42 bits per heavy atom. The second-order valence-electron chi connectivity index (χ2n) is 4.43. The normalized spacial score (nSPS) is 19.2. The number of halogens is 2. The summed E-state index contributed by atoms with van der Waals surface area (Å²) in [5.74, 6) is -2.51. The van der Waals surface area contributed by atoms with Crippen molar-refractivity contribution in [1.29, 1.82) is 0 Å². The fourth-order valence-electron chi connectivity index (χ4n) is 2.29. The van der Waals surface area contributed by atoms with Gasteiger partial charge in [0.2, 0.25) is 0 Å². The van der Waals surface area contributed by atoms with Crippen molar-refractivity contribution in [2.24, 2.45) is 5.73 Å². The van der Waals surface area contributed by atoms with Gasteiger partial charge in [-0.2, -0.15) is 8.78 Å². The van der Waals surface area contributed by atoms with E-state index in [2.05, 4.69) is 0 Å². The van der Waals surface area contributed by atoms with Crippen LogP contribution in [0.3, 0.4) is 0 Å². The molecule has 0 bridgehead atoms. The van der Waals surface area contributed by atoms with Crippen LogP contribution in [0.2, 0.25) is 0 Å². The van der Waals surface area contributed by atoms with Crippen molar-refractivity contribution in [3.8, 4) is 0 Å². The Balaban J connectivity index is 2.07. The molecular weight excluding hydrogens is 270 g/mol. The number of nitrogens with two attached hydrogens (primary N) is 1. The molecule has 1 fully saturated rings. The summed E-state index contributed by atoms with van der Waals surface area (Å²) >= 11 is 0.478. The molecule has 1 aromatic carbocycles. The van der Waals surface area contributed by atoms with Crippen molar-refractivity contribution in [2.45, 2.75) is 29.5 Å². The highest BCUT2D eigenvalue weighted by molar-refractivity contribution is 7.99. The number of alkyl halides is 2. The third-order valence-corrected chi connectivity index (χ3v) is 3.96. The van der Waals surface area contributed by atoms with Gasteiger partial charge in [0.1, 0.15) is 0 Å². The minimum absolute atomic E-state index is 0.0680. The lowest BCUT2D eigenvalue weighted by Gasteiger charge is -2.23. The SMILES string of the molecule is NCC1CCCN1C(=O)c1ccc(SC(F)F)cc1. The third kappa shape index (κ3) is 3.45. The van der Waals surface area contributed by atoms with Crippen molar-refractivity contribution >= 4 is 17.7 Å². The van der Waals surface area contributed by atoms with Crippen LogP contribution in [0.5, 0.6) is 0 Å². The van der Waals surface area contributed by atoms with E-state index >= 15 is 0 Å². The van der Waals surface area contributed by atoms with Crippen LogP contribution in [0, 0.1) is 0 Å². The number of hydrogen-bond donors (Lipinski definition) is 1. The Morgan fingerprint density at radius 3 is 2.68 bits per heavy atom. The third-order valence-electron chi connectivity index (χ3n) is 3.24. The molecule has 1 aliphatic heterocycles. The van der Waals surface area contributed by atoms with Crippen molar-refractivity contribution in [3.05, 3.63) is 29.8 Å². The van der Waals surface area contributed by atoms with E-state index in [-0.39, 0.29) is 11.9 Å². The molecule has 1 aliphatic rings. The second kappa shape index (κ2) is 6.34. The number of nitrogens with zero attached hydrogens (tertiary/aromatic N) is 1. The predicted molar refractivity (Wildman–Crippen MR) is 71.4 cm³/mol. The van der Waals surface area contributed by atoms with Crippen LogP contribution in [0.1, 0.15) is 23.2 Å². The molecule has 1 atom stereocenters. The number of benzene rings is 1. The number of thioether (sulfide) groups is 1. The van der Waals surface area contributed by atoms with Gasteiger partial charge in [0.05, 0.1) is 0 Å². The Hall–Kier alpha value is -1.14. The Bertz CT molecular complexity index is 439. The van der Waals surface area contributed by atoms with Gasteiger partial charge in [0.15, 0.2) is 0 Å². The van der Waals surface area contributed by atoms with Gasteiger partial charge in [-0.05, 0) is 37.1 Å². The van der Waals surface area contributed by atoms with Crippen LogP contribution in [-0.2, 0) is 0 Å². The highest BCUT2D eigenvalue weighted by Crippen LogP contribution is 2.26. The molecule has 1 saturated heterocycles. The standard InChI is InChI=1S/C13H16F2N2OS/c14-13(15)19-11-5-3-9(4-6-11)12(18)17-7-1-2-10(17)8-16/h3-6,10,13H,1-2,7-8,16H2. The van der Waals surface area contributed by atoms with Crippen LogP contribution in [0.15, 0.2) is 29.2 Å². The summed E-state index contributed by atoms with van der Waals surface area (Å²) in [6.07, 6.45) is 1.90. The van der Waals surface area contributed by atoms with E-state index in [9.17, 15) is 13.6 Å². The van der Waals surface area contributed by atoms with Crippen LogP contribution < -0.4 is 5.73 Å². The maximum Gasteiger partial charge on any atom is 0.288 e. The van der Waals surface area contributed by atoms with E-state index in [4.69, 9.17) is 5.73 Å². The summed E-state index contributed by atoms with van der Waals surface area (Å²) < 4.78 is 24.4. The van der Waals surface area contributed by atoms with Gasteiger partial charge in [0, 0.05) is 29.6 Å². The molecule has 0 saturated carbocycles. The van der Waals surface area contributed by atoms with Gasteiger partial charge < -0.3 is 10.6 Å². The summed E-state index contributed by atoms with van der Waals surface area (Å²) in [7, 11) is 0. The molecule has 0 aliphatic carbocycles. The monoisotopic (exact) mass is 286 g/mol. The molecule has 1 unspecified atom stereocenters. The van der Waals surface area contributed by atoms with E-state index < -0.39 is 5.76 Å². The van der Waals surface area contributed by atoms with Gasteiger partial charge >= 0.3 is 0 Å². The molecule has 2 rings (SSSR count). The molecule has 3 nitrogen and oxygen atoms in total. The van der Waals surface area contributed by atoms with Crippen molar-refractivity contribution in [1.82, 2.24) is 4.90 Å². The van der Waals surface area contributed by atoms with Gasteiger partial charge in [0.25, 0.3) is 11.7 Å². The minimum atomic E-state index is -2.44. The van der Waals surface area contributed by atoms with Crippen LogP contribution in [0.4, 0.5) is 8.78 Å². The zero-order valence-corrected chi connectivity index (χ0v) is 11.2. The number of hydrogen-bond acceptors (Lipinski definition) is 3. The van der Waals surface area contributed by atoms with Crippen molar-refractivity contribution < 1.29 is 13.6 Å². The lowest BCUT2D eigenvalue weighted by Crippen LogP contribution is -2.39. The van der Waals surface area contributed by atoms with Crippen LogP contribution >= 0.6 is 11.8 Å². The zero-order valence-electron chi connectivity index (χ0n) is 10.4. The van der Waals surface area contributed by atoms with Crippen LogP contribution in [0.25, 0.3) is 0 Å². The van der Waals surface area contributed by atoms with E-state index in [1.54, 1.807) is 29.2 Å². The Kier molecular flexibility index (Phi) is 4.76. The summed E-state index contributed by atoms with van der Waals surface area (Å²) in [6, 6.07) is 6.40. The molecule has 0 spiro atoms. The van der Waals surface area contributed by atoms with E-state index in [0.717, 1.165) is 12.8 Å². The fourth-order valence-corrected chi connectivity index (χ4v) is 2.79. The molecule has 1 aromatic rings. The molecule has 19 heavy (non-hydrogen) atoms. The maximum atomic E-state index is 12.3. The predicted octanol–water partition coefficient (Wildman–Crippen LogP) is 2.56. The number of rotatable bonds is 4. The van der Waals surface area contributed by atoms with E-state index in [0.29, 0.717) is 35.3 Å². The van der Waals surface area contributed by atoms with Crippen molar-refractivity contribution in [2.75, 3.05) is 13.1 Å².